The first-order chi connectivity index (χ1) is 13.0. The van der Waals surface area contributed by atoms with Crippen molar-refractivity contribution in [3.8, 4) is 5.75 Å². The summed E-state index contributed by atoms with van der Waals surface area (Å²) in [6.07, 6.45) is 1.11. The number of nitrogens with zero attached hydrogens (tertiary/aromatic N) is 1. The van der Waals surface area contributed by atoms with E-state index in [4.69, 9.17) is 16.3 Å². The molecule has 27 heavy (non-hydrogen) atoms. The highest BCUT2D eigenvalue weighted by atomic mass is 35.5. The number of rotatable bonds is 5. The maximum atomic E-state index is 13.1. The van der Waals surface area contributed by atoms with Crippen molar-refractivity contribution >= 4 is 29.1 Å². The van der Waals surface area contributed by atoms with Crippen LogP contribution in [0.2, 0.25) is 5.02 Å². The molecule has 1 heterocycles. The second-order valence-electron chi connectivity index (χ2n) is 6.37. The van der Waals surface area contributed by atoms with Crippen molar-refractivity contribution < 1.29 is 18.7 Å². The molecule has 0 aliphatic carbocycles. The van der Waals surface area contributed by atoms with Gasteiger partial charge >= 0.3 is 0 Å². The van der Waals surface area contributed by atoms with Gasteiger partial charge in [-0.1, -0.05) is 29.8 Å². The summed E-state index contributed by atoms with van der Waals surface area (Å²) in [6, 6.07) is 13.0. The lowest BCUT2D eigenvalue weighted by Gasteiger charge is -2.31. The Balaban J connectivity index is 1.46. The van der Waals surface area contributed by atoms with Crippen LogP contribution in [0.25, 0.3) is 0 Å². The third-order valence-corrected chi connectivity index (χ3v) is 4.83. The standard InChI is InChI=1S/C20H20ClFN2O3/c21-17-12-15(22)6-7-18(17)23-20(26)14-8-10-24(11-9-14)19(25)13-27-16-4-2-1-3-5-16/h1-7,12,14H,8-11,13H2,(H,23,26). The van der Waals surface area contributed by atoms with E-state index in [1.807, 2.05) is 18.2 Å². The molecular weight excluding hydrogens is 371 g/mol. The van der Waals surface area contributed by atoms with Crippen LogP contribution in [0.3, 0.4) is 0 Å². The number of nitrogens with one attached hydrogen (secondary N) is 1. The average molecular weight is 391 g/mol. The van der Waals surface area contributed by atoms with Crippen LogP contribution in [0.1, 0.15) is 12.8 Å². The normalized spacial score (nSPS) is 14.7. The van der Waals surface area contributed by atoms with Gasteiger partial charge in [0.15, 0.2) is 6.61 Å². The Morgan fingerprint density at radius 3 is 2.52 bits per heavy atom. The molecule has 2 aromatic carbocycles. The van der Waals surface area contributed by atoms with Gasteiger partial charge in [-0.05, 0) is 43.2 Å². The van der Waals surface area contributed by atoms with Gasteiger partial charge in [-0.15, -0.1) is 0 Å². The van der Waals surface area contributed by atoms with E-state index in [-0.39, 0.29) is 29.4 Å². The molecule has 1 N–H and O–H groups in total. The first-order valence-electron chi connectivity index (χ1n) is 8.74. The highest BCUT2D eigenvalue weighted by Gasteiger charge is 2.27. The zero-order valence-electron chi connectivity index (χ0n) is 14.7. The van der Waals surface area contributed by atoms with Crippen molar-refractivity contribution in [3.63, 3.8) is 0 Å². The third-order valence-electron chi connectivity index (χ3n) is 4.51. The van der Waals surface area contributed by atoms with Gasteiger partial charge in [-0.25, -0.2) is 4.39 Å². The van der Waals surface area contributed by atoms with Gasteiger partial charge < -0.3 is 15.0 Å². The summed E-state index contributed by atoms with van der Waals surface area (Å²) in [7, 11) is 0. The van der Waals surface area contributed by atoms with Crippen LogP contribution in [0, 0.1) is 11.7 Å². The molecule has 1 saturated heterocycles. The molecule has 142 valence electrons. The minimum Gasteiger partial charge on any atom is -0.484 e. The number of hydrogen-bond donors (Lipinski definition) is 1. The van der Waals surface area contributed by atoms with Crippen molar-refractivity contribution in [2.75, 3.05) is 25.0 Å². The van der Waals surface area contributed by atoms with Gasteiger partial charge in [0.2, 0.25) is 5.91 Å². The van der Waals surface area contributed by atoms with E-state index in [0.29, 0.717) is 37.4 Å². The molecule has 2 aromatic rings. The van der Waals surface area contributed by atoms with Crippen molar-refractivity contribution in [1.29, 1.82) is 0 Å². The predicted molar refractivity (Wildman–Crippen MR) is 101 cm³/mol. The zero-order chi connectivity index (χ0) is 19.2. The number of piperidine rings is 1. The Morgan fingerprint density at radius 1 is 1.15 bits per heavy atom. The van der Waals surface area contributed by atoms with Gasteiger partial charge in [-0.3, -0.25) is 9.59 Å². The molecule has 5 nitrogen and oxygen atoms in total. The first-order valence-corrected chi connectivity index (χ1v) is 9.12. The Bertz CT molecular complexity index is 808. The molecule has 0 unspecified atom stereocenters. The van der Waals surface area contributed by atoms with Gasteiger partial charge in [0, 0.05) is 19.0 Å². The summed E-state index contributed by atoms with van der Waals surface area (Å²) in [5.41, 5.74) is 0.387. The molecule has 2 amide bonds. The van der Waals surface area contributed by atoms with E-state index < -0.39 is 5.82 Å². The summed E-state index contributed by atoms with van der Waals surface area (Å²) in [4.78, 5) is 26.4. The van der Waals surface area contributed by atoms with E-state index in [9.17, 15) is 14.0 Å². The van der Waals surface area contributed by atoms with Crippen LogP contribution in [-0.2, 0) is 9.59 Å². The number of carbonyl (C=O) groups excluding carboxylic acids is 2. The summed E-state index contributed by atoms with van der Waals surface area (Å²) in [5, 5.41) is 2.89. The number of halogens is 2. The summed E-state index contributed by atoms with van der Waals surface area (Å²) in [6.45, 7) is 0.963. The Kier molecular flexibility index (Phi) is 6.29. The number of carbonyl (C=O) groups is 2. The molecule has 0 bridgehead atoms. The van der Waals surface area contributed by atoms with Crippen molar-refractivity contribution in [2.24, 2.45) is 5.92 Å². The van der Waals surface area contributed by atoms with Gasteiger partial charge in [0.25, 0.3) is 5.91 Å². The van der Waals surface area contributed by atoms with Gasteiger partial charge in [0.05, 0.1) is 10.7 Å². The maximum absolute atomic E-state index is 13.1. The predicted octanol–water partition coefficient (Wildman–Crippen LogP) is 3.74. The SMILES string of the molecule is O=C(Nc1ccc(F)cc1Cl)C1CCN(C(=O)COc2ccccc2)CC1. The summed E-state index contributed by atoms with van der Waals surface area (Å²) >= 11 is 5.94. The van der Waals surface area contributed by atoms with Gasteiger partial charge in [0.1, 0.15) is 11.6 Å². The van der Waals surface area contributed by atoms with E-state index in [1.54, 1.807) is 17.0 Å². The number of ether oxygens (including phenoxy) is 1. The Hall–Kier alpha value is -2.60. The monoisotopic (exact) mass is 390 g/mol. The fourth-order valence-corrected chi connectivity index (χ4v) is 3.18. The molecular formula is C20H20ClFN2O3. The second-order valence-corrected chi connectivity index (χ2v) is 6.78. The topological polar surface area (TPSA) is 58.6 Å². The zero-order valence-corrected chi connectivity index (χ0v) is 15.4. The van der Waals surface area contributed by atoms with Gasteiger partial charge in [-0.2, -0.15) is 0 Å². The maximum Gasteiger partial charge on any atom is 0.260 e. The molecule has 0 spiro atoms. The average Bonchev–Trinajstić information content (AvgIpc) is 2.69. The fraction of sp³-hybridized carbons (Fsp3) is 0.300. The first kappa shape index (κ1) is 19.2. The molecule has 7 heteroatoms. The number of anilines is 1. The molecule has 1 aliphatic rings. The number of para-hydroxylation sites is 1. The molecule has 1 aliphatic heterocycles. The van der Waals surface area contributed by atoms with E-state index >= 15 is 0 Å². The Morgan fingerprint density at radius 2 is 1.85 bits per heavy atom. The minimum absolute atomic E-state index is 0.0218. The van der Waals surface area contributed by atoms with E-state index in [0.717, 1.165) is 6.07 Å². The Labute approximate surface area is 162 Å². The largest absolute Gasteiger partial charge is 0.484 e. The molecule has 0 saturated carbocycles. The quantitative estimate of drug-likeness (QED) is 0.846. The van der Waals surface area contributed by atoms with Crippen LogP contribution in [0.4, 0.5) is 10.1 Å². The minimum atomic E-state index is -0.456. The van der Waals surface area contributed by atoms with E-state index in [1.165, 1.54) is 12.1 Å². The highest BCUT2D eigenvalue weighted by molar-refractivity contribution is 6.33. The van der Waals surface area contributed by atoms with E-state index in [2.05, 4.69) is 5.32 Å². The van der Waals surface area contributed by atoms with Crippen LogP contribution in [0.5, 0.6) is 5.75 Å². The van der Waals surface area contributed by atoms with Crippen LogP contribution < -0.4 is 10.1 Å². The van der Waals surface area contributed by atoms with Crippen molar-refractivity contribution in [2.45, 2.75) is 12.8 Å². The van der Waals surface area contributed by atoms with Crippen molar-refractivity contribution in [3.05, 3.63) is 59.4 Å². The smallest absolute Gasteiger partial charge is 0.260 e. The lowest BCUT2D eigenvalue weighted by atomic mass is 9.95. The number of likely N-dealkylation sites (tertiary alicyclic amines) is 1. The number of hydrogen-bond acceptors (Lipinski definition) is 3. The third kappa shape index (κ3) is 5.20. The second kappa shape index (κ2) is 8.86. The highest BCUT2D eigenvalue weighted by Crippen LogP contribution is 2.25. The molecule has 0 atom stereocenters. The van der Waals surface area contributed by atoms with Crippen molar-refractivity contribution in [1.82, 2.24) is 4.90 Å². The lowest BCUT2D eigenvalue weighted by molar-refractivity contribution is -0.136. The number of benzene rings is 2. The number of amides is 2. The summed E-state index contributed by atoms with van der Waals surface area (Å²) in [5.74, 6) is -0.292. The molecule has 3 rings (SSSR count). The van der Waals surface area contributed by atoms with Crippen LogP contribution in [-0.4, -0.2) is 36.4 Å². The van der Waals surface area contributed by atoms with Crippen LogP contribution in [0.15, 0.2) is 48.5 Å². The molecule has 0 radical (unpaired) electrons. The molecule has 1 fully saturated rings. The molecule has 0 aromatic heterocycles. The lowest BCUT2D eigenvalue weighted by Crippen LogP contribution is -2.43. The van der Waals surface area contributed by atoms with Crippen LogP contribution >= 0.6 is 11.6 Å². The summed E-state index contributed by atoms with van der Waals surface area (Å²) < 4.78 is 18.6. The fourth-order valence-electron chi connectivity index (χ4n) is 2.97.